The summed E-state index contributed by atoms with van der Waals surface area (Å²) >= 11 is 1.75. The molecule has 0 aliphatic carbocycles. The highest BCUT2D eigenvalue weighted by molar-refractivity contribution is 7.07. The molecular formula is C10H12S. The third-order valence-electron chi connectivity index (χ3n) is 1.58. The summed E-state index contributed by atoms with van der Waals surface area (Å²) in [7, 11) is 0. The molecule has 0 radical (unpaired) electrons. The SMILES string of the molecule is C=c1c(C)cs/c1=C/C=C\C. The zero-order valence-corrected chi connectivity index (χ0v) is 7.74. The molecule has 58 valence electrons. The van der Waals surface area contributed by atoms with Gasteiger partial charge in [-0.25, -0.2) is 0 Å². The van der Waals surface area contributed by atoms with E-state index in [4.69, 9.17) is 0 Å². The van der Waals surface area contributed by atoms with Crippen molar-refractivity contribution in [3.8, 4) is 0 Å². The van der Waals surface area contributed by atoms with E-state index in [9.17, 15) is 0 Å². The van der Waals surface area contributed by atoms with Crippen LogP contribution in [-0.2, 0) is 0 Å². The molecule has 1 aromatic heterocycles. The van der Waals surface area contributed by atoms with Gasteiger partial charge in [0.15, 0.2) is 0 Å². The number of aryl methyl sites for hydroxylation is 1. The first-order valence-corrected chi connectivity index (χ1v) is 4.49. The van der Waals surface area contributed by atoms with Crippen molar-refractivity contribution in [3.63, 3.8) is 0 Å². The highest BCUT2D eigenvalue weighted by atomic mass is 32.1. The quantitative estimate of drug-likeness (QED) is 0.594. The molecular weight excluding hydrogens is 152 g/mol. The molecule has 0 aliphatic heterocycles. The zero-order valence-electron chi connectivity index (χ0n) is 6.92. The van der Waals surface area contributed by atoms with E-state index >= 15 is 0 Å². The summed E-state index contributed by atoms with van der Waals surface area (Å²) in [5, 5.41) is 3.30. The lowest BCUT2D eigenvalue weighted by Crippen LogP contribution is -2.17. The standard InChI is InChI=1S/C10H12S/c1-4-5-6-10-9(3)8(2)7-11-10/h4-7H,3H2,1-2H3/b5-4-,10-6+. The average Bonchev–Trinajstić information content (AvgIpc) is 2.31. The Kier molecular flexibility index (Phi) is 2.66. The van der Waals surface area contributed by atoms with Gasteiger partial charge in [-0.3, -0.25) is 0 Å². The molecule has 0 N–H and O–H groups in total. The van der Waals surface area contributed by atoms with E-state index in [1.54, 1.807) is 11.3 Å². The van der Waals surface area contributed by atoms with Gasteiger partial charge >= 0.3 is 0 Å². The Labute approximate surface area is 71.2 Å². The minimum Gasteiger partial charge on any atom is -0.144 e. The molecule has 0 amide bonds. The zero-order chi connectivity index (χ0) is 8.27. The molecule has 0 saturated heterocycles. The Bertz CT molecular complexity index is 355. The van der Waals surface area contributed by atoms with Crippen molar-refractivity contribution < 1.29 is 0 Å². The van der Waals surface area contributed by atoms with Crippen LogP contribution in [0.25, 0.3) is 12.7 Å². The normalized spacial score (nSPS) is 13.1. The number of thiophene rings is 1. The second-order valence-corrected chi connectivity index (χ2v) is 3.37. The fraction of sp³-hybridized carbons (Fsp3) is 0.200. The van der Waals surface area contributed by atoms with Crippen molar-refractivity contribution in [1.82, 2.24) is 0 Å². The summed E-state index contributed by atoms with van der Waals surface area (Å²) < 4.78 is 1.26. The molecule has 1 heteroatoms. The summed E-state index contributed by atoms with van der Waals surface area (Å²) in [5.41, 5.74) is 1.28. The van der Waals surface area contributed by atoms with Crippen LogP contribution >= 0.6 is 11.3 Å². The van der Waals surface area contributed by atoms with E-state index in [0.717, 1.165) is 5.22 Å². The number of rotatable bonds is 1. The van der Waals surface area contributed by atoms with Gasteiger partial charge in [0.05, 0.1) is 0 Å². The maximum absolute atomic E-state index is 3.98. The maximum atomic E-state index is 3.98. The molecule has 1 rings (SSSR count). The molecule has 0 aromatic carbocycles. The largest absolute Gasteiger partial charge is 0.144 e. The summed E-state index contributed by atoms with van der Waals surface area (Å²) in [4.78, 5) is 0. The molecule has 1 heterocycles. The van der Waals surface area contributed by atoms with Crippen LogP contribution in [0.1, 0.15) is 12.5 Å². The van der Waals surface area contributed by atoms with Crippen molar-refractivity contribution in [3.05, 3.63) is 32.8 Å². The van der Waals surface area contributed by atoms with E-state index in [1.807, 2.05) is 19.1 Å². The molecule has 0 saturated carbocycles. The second kappa shape index (κ2) is 3.54. The molecule has 0 bridgehead atoms. The van der Waals surface area contributed by atoms with Gasteiger partial charge in [0.1, 0.15) is 0 Å². The number of hydrogen-bond donors (Lipinski definition) is 0. The van der Waals surface area contributed by atoms with Crippen LogP contribution in [0.4, 0.5) is 0 Å². The summed E-state index contributed by atoms with van der Waals surface area (Å²) in [5.74, 6) is 0. The number of hydrogen-bond acceptors (Lipinski definition) is 1. The van der Waals surface area contributed by atoms with Crippen molar-refractivity contribution in [2.45, 2.75) is 13.8 Å². The van der Waals surface area contributed by atoms with E-state index in [0.29, 0.717) is 0 Å². The van der Waals surface area contributed by atoms with Gasteiger partial charge in [0.25, 0.3) is 0 Å². The van der Waals surface area contributed by atoms with Gasteiger partial charge in [0.2, 0.25) is 0 Å². The van der Waals surface area contributed by atoms with E-state index in [1.165, 1.54) is 10.1 Å². The molecule has 0 fully saturated rings. The van der Waals surface area contributed by atoms with Gasteiger partial charge in [-0.05, 0) is 36.1 Å². The summed E-state index contributed by atoms with van der Waals surface area (Å²) in [6.45, 7) is 8.08. The third kappa shape index (κ3) is 1.81. The Morgan fingerprint density at radius 1 is 1.55 bits per heavy atom. The van der Waals surface area contributed by atoms with Crippen LogP contribution in [0, 0.1) is 6.92 Å². The second-order valence-electron chi connectivity index (χ2n) is 2.45. The molecule has 0 nitrogen and oxygen atoms in total. The molecule has 1 aromatic rings. The Morgan fingerprint density at radius 3 is 2.73 bits per heavy atom. The Balaban J connectivity index is 3.25. The monoisotopic (exact) mass is 164 g/mol. The van der Waals surface area contributed by atoms with Crippen LogP contribution in [-0.4, -0.2) is 0 Å². The van der Waals surface area contributed by atoms with Gasteiger partial charge < -0.3 is 0 Å². The first-order valence-electron chi connectivity index (χ1n) is 3.61. The topological polar surface area (TPSA) is 0 Å². The van der Waals surface area contributed by atoms with Gasteiger partial charge in [-0.15, -0.1) is 11.3 Å². The van der Waals surface area contributed by atoms with Gasteiger partial charge in [-0.1, -0.05) is 18.7 Å². The lowest BCUT2D eigenvalue weighted by atomic mass is 10.3. The van der Waals surface area contributed by atoms with E-state index < -0.39 is 0 Å². The molecule has 11 heavy (non-hydrogen) atoms. The van der Waals surface area contributed by atoms with Gasteiger partial charge in [0, 0.05) is 4.53 Å². The Hall–Kier alpha value is -0.820. The van der Waals surface area contributed by atoms with Crippen molar-refractivity contribution >= 4 is 24.0 Å². The first kappa shape index (κ1) is 8.28. The fourth-order valence-electron chi connectivity index (χ4n) is 0.812. The lowest BCUT2D eigenvalue weighted by molar-refractivity contribution is 1.48. The molecule has 0 spiro atoms. The smallest absolute Gasteiger partial charge is 0.0339 e. The first-order chi connectivity index (χ1) is 5.25. The highest BCUT2D eigenvalue weighted by Gasteiger charge is 1.88. The predicted octanol–water partition coefficient (Wildman–Crippen LogP) is 1.82. The number of allylic oxidation sites excluding steroid dienone is 2. The minimum atomic E-state index is 1.16. The van der Waals surface area contributed by atoms with Crippen LogP contribution in [0.15, 0.2) is 17.5 Å². The predicted molar refractivity (Wildman–Crippen MR) is 53.1 cm³/mol. The average molecular weight is 164 g/mol. The summed E-state index contributed by atoms with van der Waals surface area (Å²) in [6.07, 6.45) is 6.16. The van der Waals surface area contributed by atoms with Crippen molar-refractivity contribution in [1.29, 1.82) is 0 Å². The van der Waals surface area contributed by atoms with Gasteiger partial charge in [-0.2, -0.15) is 0 Å². The summed E-state index contributed by atoms with van der Waals surface area (Å²) in [6, 6.07) is 0. The van der Waals surface area contributed by atoms with Crippen LogP contribution < -0.4 is 9.75 Å². The molecule has 0 atom stereocenters. The van der Waals surface area contributed by atoms with Crippen LogP contribution in [0.2, 0.25) is 0 Å². The highest BCUT2D eigenvalue weighted by Crippen LogP contribution is 1.90. The van der Waals surface area contributed by atoms with Crippen LogP contribution in [0.3, 0.4) is 0 Å². The van der Waals surface area contributed by atoms with Crippen LogP contribution in [0.5, 0.6) is 0 Å². The minimum absolute atomic E-state index is 1.16. The molecule has 0 aliphatic rings. The lowest BCUT2D eigenvalue weighted by Gasteiger charge is -1.76. The van der Waals surface area contributed by atoms with Crippen molar-refractivity contribution in [2.24, 2.45) is 0 Å². The molecule has 0 unspecified atom stereocenters. The van der Waals surface area contributed by atoms with E-state index in [2.05, 4.69) is 25.0 Å². The fourth-order valence-corrected chi connectivity index (χ4v) is 1.72. The van der Waals surface area contributed by atoms with E-state index in [-0.39, 0.29) is 0 Å². The Morgan fingerprint density at radius 2 is 2.27 bits per heavy atom. The third-order valence-corrected chi connectivity index (χ3v) is 2.68. The van der Waals surface area contributed by atoms with Crippen molar-refractivity contribution in [2.75, 3.05) is 0 Å². The maximum Gasteiger partial charge on any atom is 0.0339 e.